The van der Waals surface area contributed by atoms with E-state index in [9.17, 15) is 8.42 Å². The highest BCUT2D eigenvalue weighted by Crippen LogP contribution is 2.20. The molecule has 0 bridgehead atoms. The van der Waals surface area contributed by atoms with Crippen LogP contribution in [-0.2, 0) is 10.2 Å². The van der Waals surface area contributed by atoms with Gasteiger partial charge in [-0.15, -0.1) is 12.4 Å². The summed E-state index contributed by atoms with van der Waals surface area (Å²) in [5.74, 6) is 0.786. The lowest BCUT2D eigenvalue weighted by Gasteiger charge is -2.34. The van der Waals surface area contributed by atoms with Crippen molar-refractivity contribution in [2.45, 2.75) is 26.7 Å². The lowest BCUT2D eigenvalue weighted by Crippen LogP contribution is -2.48. The first kappa shape index (κ1) is 19.1. The zero-order valence-electron chi connectivity index (χ0n) is 12.4. The Bertz CT molecular complexity index is 347. The summed E-state index contributed by atoms with van der Waals surface area (Å²) in [5.41, 5.74) is 0. The number of hydrogen-bond acceptors (Lipinski definition) is 3. The van der Waals surface area contributed by atoms with Crippen molar-refractivity contribution in [2.75, 3.05) is 40.3 Å². The Kier molecular flexibility index (Phi) is 8.47. The molecular formula is C12H28ClN3O2S. The Morgan fingerprint density at radius 2 is 2.05 bits per heavy atom. The fourth-order valence-corrected chi connectivity index (χ4v) is 4.14. The number of halogens is 1. The summed E-state index contributed by atoms with van der Waals surface area (Å²) < 4.78 is 27.9. The second-order valence-electron chi connectivity index (χ2n) is 5.61. The molecule has 1 aliphatic heterocycles. The molecule has 1 N–H and O–H groups in total. The summed E-state index contributed by atoms with van der Waals surface area (Å²) >= 11 is 0. The van der Waals surface area contributed by atoms with E-state index in [1.807, 2.05) is 20.9 Å². The summed E-state index contributed by atoms with van der Waals surface area (Å²) in [6.45, 7) is 6.84. The van der Waals surface area contributed by atoms with Gasteiger partial charge in [0.2, 0.25) is 0 Å². The van der Waals surface area contributed by atoms with Crippen LogP contribution in [0, 0.1) is 11.8 Å². The summed E-state index contributed by atoms with van der Waals surface area (Å²) in [4.78, 5) is 0. The SMILES string of the molecule is CNCC1CCCN(S(=O)(=O)N(C)CC(C)C)C1.Cl. The molecule has 19 heavy (non-hydrogen) atoms. The van der Waals surface area contributed by atoms with Crippen LogP contribution in [0.15, 0.2) is 0 Å². The number of piperidine rings is 1. The Hall–Kier alpha value is 0.120. The average molecular weight is 314 g/mol. The van der Waals surface area contributed by atoms with Crippen LogP contribution in [0.2, 0.25) is 0 Å². The van der Waals surface area contributed by atoms with Crippen LogP contribution in [-0.4, -0.2) is 57.3 Å². The second-order valence-corrected chi connectivity index (χ2v) is 7.64. The lowest BCUT2D eigenvalue weighted by atomic mass is 10.00. The van der Waals surface area contributed by atoms with Crippen molar-refractivity contribution in [3.63, 3.8) is 0 Å². The molecule has 0 saturated carbocycles. The van der Waals surface area contributed by atoms with E-state index in [4.69, 9.17) is 0 Å². The molecule has 0 aromatic heterocycles. The van der Waals surface area contributed by atoms with Crippen LogP contribution in [0.1, 0.15) is 26.7 Å². The molecule has 7 heteroatoms. The van der Waals surface area contributed by atoms with Gasteiger partial charge in [-0.25, -0.2) is 0 Å². The van der Waals surface area contributed by atoms with Crippen LogP contribution in [0.4, 0.5) is 0 Å². The van der Waals surface area contributed by atoms with Gasteiger partial charge in [-0.2, -0.15) is 17.0 Å². The van der Waals surface area contributed by atoms with Crippen molar-refractivity contribution in [3.05, 3.63) is 0 Å². The summed E-state index contributed by atoms with van der Waals surface area (Å²) in [5, 5.41) is 3.14. The van der Waals surface area contributed by atoms with Crippen molar-refractivity contribution < 1.29 is 8.42 Å². The molecule has 1 heterocycles. The molecule has 0 aromatic rings. The van der Waals surface area contributed by atoms with Gasteiger partial charge in [-0.1, -0.05) is 13.8 Å². The maximum atomic E-state index is 12.4. The van der Waals surface area contributed by atoms with Gasteiger partial charge >= 0.3 is 0 Å². The Balaban J connectivity index is 0.00000324. The van der Waals surface area contributed by atoms with Gasteiger partial charge in [-0.3, -0.25) is 0 Å². The van der Waals surface area contributed by atoms with Gasteiger partial charge in [0, 0.05) is 26.7 Å². The number of nitrogens with zero attached hydrogens (tertiary/aromatic N) is 2. The summed E-state index contributed by atoms with van der Waals surface area (Å²) in [6, 6.07) is 0. The van der Waals surface area contributed by atoms with Crippen LogP contribution in [0.3, 0.4) is 0 Å². The molecule has 0 aromatic carbocycles. The van der Waals surface area contributed by atoms with Gasteiger partial charge in [0.25, 0.3) is 10.2 Å². The third-order valence-electron chi connectivity index (χ3n) is 3.32. The molecule has 1 fully saturated rings. The molecule has 1 atom stereocenters. The van der Waals surface area contributed by atoms with Crippen molar-refractivity contribution in [3.8, 4) is 0 Å². The van der Waals surface area contributed by atoms with E-state index in [2.05, 4.69) is 5.32 Å². The van der Waals surface area contributed by atoms with Gasteiger partial charge in [-0.05, 0) is 38.3 Å². The lowest BCUT2D eigenvalue weighted by molar-refractivity contribution is 0.246. The molecule has 0 radical (unpaired) electrons. The van der Waals surface area contributed by atoms with E-state index >= 15 is 0 Å². The van der Waals surface area contributed by atoms with E-state index in [1.165, 1.54) is 4.31 Å². The van der Waals surface area contributed by atoms with Crippen LogP contribution < -0.4 is 5.32 Å². The summed E-state index contributed by atoms with van der Waals surface area (Å²) in [7, 11) is 0.323. The van der Waals surface area contributed by atoms with E-state index in [1.54, 1.807) is 11.4 Å². The standard InChI is InChI=1S/C12H27N3O2S.ClH/c1-11(2)9-14(4)18(16,17)15-7-5-6-12(10-15)8-13-3;/h11-13H,5-10H2,1-4H3;1H. The van der Waals surface area contributed by atoms with E-state index in [-0.39, 0.29) is 12.4 Å². The Morgan fingerprint density at radius 1 is 1.42 bits per heavy atom. The molecule has 1 rings (SSSR count). The molecule has 0 aliphatic carbocycles. The first-order valence-corrected chi connectivity index (χ1v) is 8.13. The first-order valence-electron chi connectivity index (χ1n) is 6.74. The molecule has 5 nitrogen and oxygen atoms in total. The highest BCUT2D eigenvalue weighted by molar-refractivity contribution is 7.86. The zero-order chi connectivity index (χ0) is 13.8. The smallest absolute Gasteiger partial charge is 0.281 e. The molecular weight excluding hydrogens is 286 g/mol. The quantitative estimate of drug-likeness (QED) is 0.801. The van der Waals surface area contributed by atoms with E-state index < -0.39 is 10.2 Å². The van der Waals surface area contributed by atoms with Crippen LogP contribution >= 0.6 is 12.4 Å². The molecule has 0 amide bonds. The average Bonchev–Trinajstić information content (AvgIpc) is 2.29. The molecule has 0 spiro atoms. The Labute approximate surface area is 124 Å². The van der Waals surface area contributed by atoms with Gasteiger partial charge in [0.05, 0.1) is 0 Å². The van der Waals surface area contributed by atoms with Crippen molar-refractivity contribution in [1.82, 2.24) is 13.9 Å². The van der Waals surface area contributed by atoms with Crippen molar-refractivity contribution in [2.24, 2.45) is 11.8 Å². The maximum Gasteiger partial charge on any atom is 0.281 e. The topological polar surface area (TPSA) is 52.7 Å². The fourth-order valence-electron chi connectivity index (χ4n) is 2.50. The number of hydrogen-bond donors (Lipinski definition) is 1. The van der Waals surface area contributed by atoms with Crippen molar-refractivity contribution >= 4 is 22.6 Å². The molecule has 116 valence electrons. The summed E-state index contributed by atoms with van der Waals surface area (Å²) in [6.07, 6.45) is 2.07. The minimum Gasteiger partial charge on any atom is -0.319 e. The van der Waals surface area contributed by atoms with Gasteiger partial charge in [0.1, 0.15) is 0 Å². The number of nitrogens with one attached hydrogen (secondary N) is 1. The fraction of sp³-hybridized carbons (Fsp3) is 1.00. The predicted octanol–water partition coefficient (Wildman–Crippen LogP) is 1.17. The molecule has 1 saturated heterocycles. The van der Waals surface area contributed by atoms with Gasteiger partial charge in [0.15, 0.2) is 0 Å². The van der Waals surface area contributed by atoms with E-state index in [0.717, 1.165) is 19.4 Å². The zero-order valence-corrected chi connectivity index (χ0v) is 14.1. The predicted molar refractivity (Wildman–Crippen MR) is 81.9 cm³/mol. The van der Waals surface area contributed by atoms with Crippen LogP contribution in [0.5, 0.6) is 0 Å². The third kappa shape index (κ3) is 5.55. The first-order chi connectivity index (χ1) is 8.37. The van der Waals surface area contributed by atoms with Gasteiger partial charge < -0.3 is 5.32 Å². The van der Waals surface area contributed by atoms with Crippen molar-refractivity contribution in [1.29, 1.82) is 0 Å². The normalized spacial score (nSPS) is 21.7. The highest BCUT2D eigenvalue weighted by Gasteiger charge is 2.31. The minimum atomic E-state index is -3.27. The van der Waals surface area contributed by atoms with E-state index in [0.29, 0.717) is 31.5 Å². The monoisotopic (exact) mass is 313 g/mol. The second kappa shape index (κ2) is 8.42. The maximum absolute atomic E-state index is 12.4. The highest BCUT2D eigenvalue weighted by atomic mass is 35.5. The molecule has 1 aliphatic rings. The Morgan fingerprint density at radius 3 is 2.58 bits per heavy atom. The minimum absolute atomic E-state index is 0. The third-order valence-corrected chi connectivity index (χ3v) is 5.24. The largest absolute Gasteiger partial charge is 0.319 e. The number of rotatable bonds is 6. The molecule has 1 unspecified atom stereocenters. The van der Waals surface area contributed by atoms with Crippen LogP contribution in [0.25, 0.3) is 0 Å².